The lowest BCUT2D eigenvalue weighted by molar-refractivity contribution is 0.501. The molecular formula is C12H23N5. The summed E-state index contributed by atoms with van der Waals surface area (Å²) in [5.74, 6) is 2.21. The summed E-state index contributed by atoms with van der Waals surface area (Å²) in [5, 5.41) is 3.34. The van der Waals surface area contributed by atoms with Gasteiger partial charge in [-0.1, -0.05) is 13.3 Å². The van der Waals surface area contributed by atoms with E-state index in [9.17, 15) is 0 Å². The average Bonchev–Trinajstić information content (AvgIpc) is 2.34. The summed E-state index contributed by atoms with van der Waals surface area (Å²) in [6.45, 7) is 3.84. The van der Waals surface area contributed by atoms with Gasteiger partial charge in [-0.25, -0.2) is 4.98 Å². The highest BCUT2D eigenvalue weighted by molar-refractivity contribution is 5.40. The first-order valence-electron chi connectivity index (χ1n) is 6.11. The summed E-state index contributed by atoms with van der Waals surface area (Å²) >= 11 is 0. The van der Waals surface area contributed by atoms with Crippen molar-refractivity contribution >= 4 is 11.8 Å². The Kier molecular flexibility index (Phi) is 5.69. The molecule has 0 radical (unpaired) electrons. The van der Waals surface area contributed by atoms with Crippen LogP contribution in [0.15, 0.2) is 12.3 Å². The number of nitrogens with one attached hydrogen (secondary N) is 1. The van der Waals surface area contributed by atoms with Crippen LogP contribution in [-0.4, -0.2) is 37.2 Å². The van der Waals surface area contributed by atoms with Gasteiger partial charge in [0.1, 0.15) is 5.82 Å². The summed E-state index contributed by atoms with van der Waals surface area (Å²) < 4.78 is 0. The van der Waals surface area contributed by atoms with Gasteiger partial charge in [-0.05, 0) is 24.9 Å². The number of hydrogen-bond acceptors (Lipinski definition) is 5. The molecule has 1 heterocycles. The van der Waals surface area contributed by atoms with Crippen molar-refractivity contribution in [1.29, 1.82) is 0 Å². The van der Waals surface area contributed by atoms with Crippen molar-refractivity contribution in [2.75, 3.05) is 37.4 Å². The van der Waals surface area contributed by atoms with E-state index in [2.05, 4.69) is 22.2 Å². The molecule has 0 amide bonds. The van der Waals surface area contributed by atoms with Gasteiger partial charge in [0.05, 0.1) is 0 Å². The molecule has 0 aromatic carbocycles. The number of hydrogen-bond donors (Lipinski definition) is 2. The molecule has 0 fully saturated rings. The van der Waals surface area contributed by atoms with Gasteiger partial charge in [0, 0.05) is 26.8 Å². The molecule has 0 aliphatic heterocycles. The SMILES string of the molecule is CCC(CCN)CNc1ccnc(N(C)C)n1. The smallest absolute Gasteiger partial charge is 0.226 e. The fourth-order valence-corrected chi connectivity index (χ4v) is 1.60. The van der Waals surface area contributed by atoms with Crippen molar-refractivity contribution in [3.63, 3.8) is 0 Å². The monoisotopic (exact) mass is 237 g/mol. The Morgan fingerprint density at radius 2 is 2.24 bits per heavy atom. The molecule has 96 valence electrons. The van der Waals surface area contributed by atoms with Crippen molar-refractivity contribution in [1.82, 2.24) is 9.97 Å². The molecule has 0 aliphatic carbocycles. The van der Waals surface area contributed by atoms with Gasteiger partial charge < -0.3 is 16.0 Å². The van der Waals surface area contributed by atoms with Gasteiger partial charge in [0.25, 0.3) is 0 Å². The lowest BCUT2D eigenvalue weighted by Crippen LogP contribution is -2.19. The summed E-state index contributed by atoms with van der Waals surface area (Å²) in [6, 6.07) is 1.89. The largest absolute Gasteiger partial charge is 0.370 e. The normalized spacial score (nSPS) is 12.2. The second-order valence-corrected chi connectivity index (χ2v) is 4.37. The van der Waals surface area contributed by atoms with Crippen LogP contribution in [-0.2, 0) is 0 Å². The Hall–Kier alpha value is -1.36. The first-order valence-corrected chi connectivity index (χ1v) is 6.11. The number of rotatable bonds is 7. The third kappa shape index (κ3) is 4.56. The Labute approximate surface area is 103 Å². The standard InChI is InChI=1S/C12H23N5/c1-4-10(5-7-13)9-15-11-6-8-14-12(16-11)17(2)3/h6,8,10H,4-5,7,9,13H2,1-3H3,(H,14,15,16). The molecule has 0 saturated carbocycles. The Morgan fingerprint density at radius 3 is 2.82 bits per heavy atom. The molecule has 17 heavy (non-hydrogen) atoms. The average molecular weight is 237 g/mol. The maximum absolute atomic E-state index is 5.58. The molecule has 0 saturated heterocycles. The number of anilines is 2. The molecule has 0 aliphatic rings. The van der Waals surface area contributed by atoms with Crippen LogP contribution in [0.1, 0.15) is 19.8 Å². The summed E-state index contributed by atoms with van der Waals surface area (Å²) in [5.41, 5.74) is 5.58. The van der Waals surface area contributed by atoms with Crippen LogP contribution in [0.3, 0.4) is 0 Å². The van der Waals surface area contributed by atoms with Gasteiger partial charge in [-0.3, -0.25) is 0 Å². The van der Waals surface area contributed by atoms with Crippen LogP contribution in [0.4, 0.5) is 11.8 Å². The van der Waals surface area contributed by atoms with E-state index in [1.807, 2.05) is 25.1 Å². The molecular weight excluding hydrogens is 214 g/mol. The van der Waals surface area contributed by atoms with E-state index >= 15 is 0 Å². The van der Waals surface area contributed by atoms with Crippen molar-refractivity contribution in [3.05, 3.63) is 12.3 Å². The summed E-state index contributed by atoms with van der Waals surface area (Å²) in [7, 11) is 3.87. The minimum Gasteiger partial charge on any atom is -0.370 e. The molecule has 1 aromatic heterocycles. The van der Waals surface area contributed by atoms with E-state index in [4.69, 9.17) is 5.73 Å². The van der Waals surface area contributed by atoms with E-state index in [-0.39, 0.29) is 0 Å². The number of aromatic nitrogens is 2. The van der Waals surface area contributed by atoms with Gasteiger partial charge >= 0.3 is 0 Å². The van der Waals surface area contributed by atoms with Crippen molar-refractivity contribution in [2.45, 2.75) is 19.8 Å². The van der Waals surface area contributed by atoms with E-state index in [0.29, 0.717) is 5.92 Å². The first-order chi connectivity index (χ1) is 8.17. The highest BCUT2D eigenvalue weighted by Gasteiger charge is 2.06. The van der Waals surface area contributed by atoms with Crippen molar-refractivity contribution < 1.29 is 0 Å². The lowest BCUT2D eigenvalue weighted by atomic mass is 10.0. The molecule has 1 rings (SSSR count). The minimum absolute atomic E-state index is 0.609. The van der Waals surface area contributed by atoms with Gasteiger partial charge in [0.15, 0.2) is 0 Å². The van der Waals surface area contributed by atoms with Crippen LogP contribution >= 0.6 is 0 Å². The quantitative estimate of drug-likeness (QED) is 0.749. The Bertz CT molecular complexity index is 326. The van der Waals surface area contributed by atoms with Gasteiger partial charge in [-0.15, -0.1) is 0 Å². The molecule has 0 spiro atoms. The minimum atomic E-state index is 0.609. The van der Waals surface area contributed by atoms with E-state index in [1.54, 1.807) is 6.20 Å². The number of nitrogens with zero attached hydrogens (tertiary/aromatic N) is 3. The third-order valence-corrected chi connectivity index (χ3v) is 2.77. The number of nitrogens with two attached hydrogens (primary N) is 1. The maximum Gasteiger partial charge on any atom is 0.226 e. The predicted molar refractivity (Wildman–Crippen MR) is 72.3 cm³/mol. The molecule has 1 atom stereocenters. The van der Waals surface area contributed by atoms with E-state index in [0.717, 1.165) is 37.7 Å². The summed E-state index contributed by atoms with van der Waals surface area (Å²) in [6.07, 6.45) is 3.96. The van der Waals surface area contributed by atoms with Crippen LogP contribution in [0.2, 0.25) is 0 Å². The van der Waals surface area contributed by atoms with Crippen LogP contribution in [0.25, 0.3) is 0 Å². The second kappa shape index (κ2) is 7.06. The van der Waals surface area contributed by atoms with Crippen molar-refractivity contribution in [2.24, 2.45) is 11.7 Å². The van der Waals surface area contributed by atoms with Crippen LogP contribution in [0.5, 0.6) is 0 Å². The molecule has 1 aromatic rings. The third-order valence-electron chi connectivity index (χ3n) is 2.77. The molecule has 5 heteroatoms. The first kappa shape index (κ1) is 13.7. The van der Waals surface area contributed by atoms with E-state index in [1.165, 1.54) is 0 Å². The van der Waals surface area contributed by atoms with E-state index < -0.39 is 0 Å². The zero-order chi connectivity index (χ0) is 12.7. The fraction of sp³-hybridized carbons (Fsp3) is 0.667. The lowest BCUT2D eigenvalue weighted by Gasteiger charge is -2.16. The highest BCUT2D eigenvalue weighted by Crippen LogP contribution is 2.11. The second-order valence-electron chi connectivity index (χ2n) is 4.37. The molecule has 1 unspecified atom stereocenters. The maximum atomic E-state index is 5.58. The Morgan fingerprint density at radius 1 is 1.47 bits per heavy atom. The van der Waals surface area contributed by atoms with Gasteiger partial charge in [-0.2, -0.15) is 4.98 Å². The zero-order valence-electron chi connectivity index (χ0n) is 11.0. The van der Waals surface area contributed by atoms with Crippen LogP contribution in [0, 0.1) is 5.92 Å². The van der Waals surface area contributed by atoms with Gasteiger partial charge in [0.2, 0.25) is 5.95 Å². The highest BCUT2D eigenvalue weighted by atomic mass is 15.2. The topological polar surface area (TPSA) is 67.1 Å². The van der Waals surface area contributed by atoms with Crippen LogP contribution < -0.4 is 16.0 Å². The summed E-state index contributed by atoms with van der Waals surface area (Å²) in [4.78, 5) is 10.5. The molecule has 3 N–H and O–H groups in total. The zero-order valence-corrected chi connectivity index (χ0v) is 11.0. The Balaban J connectivity index is 2.53. The predicted octanol–water partition coefficient (Wildman–Crippen LogP) is 1.33. The molecule has 5 nitrogen and oxygen atoms in total. The fourth-order valence-electron chi connectivity index (χ4n) is 1.60. The van der Waals surface area contributed by atoms with Crippen molar-refractivity contribution in [3.8, 4) is 0 Å². The molecule has 0 bridgehead atoms.